The molecule has 0 radical (unpaired) electrons. The molecule has 1 aromatic heterocycles. The van der Waals surface area contributed by atoms with Crippen LogP contribution in [0.3, 0.4) is 0 Å². The van der Waals surface area contributed by atoms with E-state index in [-0.39, 0.29) is 5.78 Å². The summed E-state index contributed by atoms with van der Waals surface area (Å²) < 4.78 is 0.677. The van der Waals surface area contributed by atoms with E-state index in [4.69, 9.17) is 11.6 Å². The summed E-state index contributed by atoms with van der Waals surface area (Å²) in [5.74, 6) is 1.71. The van der Waals surface area contributed by atoms with Gasteiger partial charge in [0.05, 0.1) is 15.0 Å². The van der Waals surface area contributed by atoms with Gasteiger partial charge in [0, 0.05) is 12.3 Å². The van der Waals surface area contributed by atoms with Gasteiger partial charge in [-0.05, 0) is 26.2 Å². The second-order valence-electron chi connectivity index (χ2n) is 3.38. The fraction of sp³-hybridized carbons (Fsp3) is 0.500. The number of halogens is 1. The van der Waals surface area contributed by atoms with Crippen LogP contribution in [0.25, 0.3) is 0 Å². The first kappa shape index (κ1) is 13.0. The quantitative estimate of drug-likeness (QED) is 0.582. The summed E-state index contributed by atoms with van der Waals surface area (Å²) in [4.78, 5) is 14.5. The summed E-state index contributed by atoms with van der Waals surface area (Å²) in [6.07, 6.45) is 0. The lowest BCUT2D eigenvalue weighted by molar-refractivity contribution is 0.102. The average Bonchev–Trinajstić information content (AvgIpc) is 2.59. The molecule has 0 aliphatic heterocycles. The molecule has 0 aliphatic rings. The smallest absolute Gasteiger partial charge is 0.182 e. The fourth-order valence-electron chi connectivity index (χ4n) is 0.947. The van der Waals surface area contributed by atoms with Crippen molar-refractivity contribution in [1.82, 2.24) is 4.90 Å². The van der Waals surface area contributed by atoms with Crippen LogP contribution in [0.2, 0.25) is 4.34 Å². The minimum absolute atomic E-state index is 0.177. The van der Waals surface area contributed by atoms with Gasteiger partial charge in [-0.15, -0.1) is 11.3 Å². The lowest BCUT2D eigenvalue weighted by Crippen LogP contribution is -2.15. The largest absolute Gasteiger partial charge is 0.309 e. The third-order valence-electron chi connectivity index (χ3n) is 1.76. The van der Waals surface area contributed by atoms with E-state index < -0.39 is 0 Å². The van der Waals surface area contributed by atoms with E-state index >= 15 is 0 Å². The third-order valence-corrected chi connectivity index (χ3v) is 3.97. The Morgan fingerprint density at radius 1 is 1.53 bits per heavy atom. The number of nitrogens with zero attached hydrogens (tertiary/aromatic N) is 1. The second kappa shape index (κ2) is 6.53. The fourth-order valence-corrected chi connectivity index (χ4v) is 3.00. The predicted molar refractivity (Wildman–Crippen MR) is 69.5 cm³/mol. The van der Waals surface area contributed by atoms with Crippen LogP contribution >= 0.6 is 34.7 Å². The van der Waals surface area contributed by atoms with E-state index in [2.05, 4.69) is 4.90 Å². The first-order valence-corrected chi connectivity index (χ1v) is 6.95. The Hall–Kier alpha value is -0.0300. The maximum Gasteiger partial charge on any atom is 0.182 e. The van der Waals surface area contributed by atoms with Gasteiger partial charge in [-0.25, -0.2) is 0 Å². The van der Waals surface area contributed by atoms with Crippen LogP contribution in [-0.4, -0.2) is 42.8 Å². The first-order chi connectivity index (χ1) is 7.09. The van der Waals surface area contributed by atoms with Crippen LogP contribution in [0.4, 0.5) is 0 Å². The number of hydrogen-bond donors (Lipinski definition) is 0. The third kappa shape index (κ3) is 5.02. The van der Waals surface area contributed by atoms with Gasteiger partial charge in [0.1, 0.15) is 0 Å². The summed E-state index contributed by atoms with van der Waals surface area (Å²) in [6.45, 7) is 1.00. The highest BCUT2D eigenvalue weighted by atomic mass is 35.5. The Morgan fingerprint density at radius 3 is 2.80 bits per heavy atom. The maximum absolute atomic E-state index is 11.6. The Balaban J connectivity index is 2.25. The van der Waals surface area contributed by atoms with Crippen molar-refractivity contribution in [2.24, 2.45) is 0 Å². The van der Waals surface area contributed by atoms with Crippen molar-refractivity contribution >= 4 is 40.5 Å². The van der Waals surface area contributed by atoms with Crippen LogP contribution in [0.1, 0.15) is 9.67 Å². The molecule has 1 heterocycles. The molecular weight excluding hydrogens is 250 g/mol. The monoisotopic (exact) mass is 263 g/mol. The normalized spacial score (nSPS) is 10.9. The minimum Gasteiger partial charge on any atom is -0.309 e. The molecule has 0 saturated heterocycles. The molecule has 2 nitrogen and oxygen atoms in total. The zero-order valence-corrected chi connectivity index (χ0v) is 11.2. The summed E-state index contributed by atoms with van der Waals surface area (Å²) in [5.41, 5.74) is 0. The number of Topliss-reactive ketones (excluding diaryl/α,β-unsaturated/α-hetero) is 1. The summed E-state index contributed by atoms with van der Waals surface area (Å²) in [6, 6.07) is 3.56. The molecule has 5 heteroatoms. The molecule has 84 valence electrons. The molecule has 1 rings (SSSR count). The van der Waals surface area contributed by atoms with Crippen molar-refractivity contribution in [1.29, 1.82) is 0 Å². The summed E-state index contributed by atoms with van der Waals surface area (Å²) in [7, 11) is 4.06. The molecular formula is C10H14ClNOS2. The van der Waals surface area contributed by atoms with Gasteiger partial charge in [-0.3, -0.25) is 4.79 Å². The van der Waals surface area contributed by atoms with Gasteiger partial charge in [0.2, 0.25) is 0 Å². The average molecular weight is 264 g/mol. The van der Waals surface area contributed by atoms with E-state index in [9.17, 15) is 4.79 Å². The zero-order valence-electron chi connectivity index (χ0n) is 8.83. The van der Waals surface area contributed by atoms with Crippen LogP contribution in [0.15, 0.2) is 12.1 Å². The van der Waals surface area contributed by atoms with E-state index in [1.165, 1.54) is 11.3 Å². The highest BCUT2D eigenvalue weighted by Crippen LogP contribution is 2.22. The predicted octanol–water partition coefficient (Wildman–Crippen LogP) is 2.88. The van der Waals surface area contributed by atoms with Crippen LogP contribution in [-0.2, 0) is 0 Å². The Labute approximate surface area is 104 Å². The number of thiophene rings is 1. The van der Waals surface area contributed by atoms with Crippen LogP contribution in [0, 0.1) is 0 Å². The molecule has 0 N–H and O–H groups in total. The molecule has 0 bridgehead atoms. The van der Waals surface area contributed by atoms with Gasteiger partial charge in [-0.1, -0.05) is 11.6 Å². The lowest BCUT2D eigenvalue weighted by atomic mass is 10.4. The lowest BCUT2D eigenvalue weighted by Gasteiger charge is -2.07. The van der Waals surface area contributed by atoms with Crippen molar-refractivity contribution in [2.45, 2.75) is 0 Å². The summed E-state index contributed by atoms with van der Waals surface area (Å²) >= 11 is 8.78. The number of carbonyl (C=O) groups excluding carboxylic acids is 1. The van der Waals surface area contributed by atoms with Gasteiger partial charge in [0.25, 0.3) is 0 Å². The molecule has 0 atom stereocenters. The van der Waals surface area contributed by atoms with E-state index in [0.29, 0.717) is 10.1 Å². The molecule has 1 aromatic rings. The van der Waals surface area contributed by atoms with Gasteiger partial charge >= 0.3 is 0 Å². The SMILES string of the molecule is CN(C)CCSCC(=O)c1ccc(Cl)s1. The van der Waals surface area contributed by atoms with Gasteiger partial charge < -0.3 is 4.90 Å². The molecule has 0 amide bonds. The highest BCUT2D eigenvalue weighted by molar-refractivity contribution is 8.00. The van der Waals surface area contributed by atoms with E-state index in [1.807, 2.05) is 14.1 Å². The number of rotatable bonds is 6. The Morgan fingerprint density at radius 2 is 2.27 bits per heavy atom. The molecule has 0 unspecified atom stereocenters. The van der Waals surface area contributed by atoms with Gasteiger partial charge in [-0.2, -0.15) is 11.8 Å². The topological polar surface area (TPSA) is 20.3 Å². The van der Waals surface area contributed by atoms with Crippen molar-refractivity contribution in [2.75, 3.05) is 32.1 Å². The van der Waals surface area contributed by atoms with E-state index in [0.717, 1.165) is 17.2 Å². The Kier molecular flexibility index (Phi) is 5.68. The van der Waals surface area contributed by atoms with Gasteiger partial charge in [0.15, 0.2) is 5.78 Å². The van der Waals surface area contributed by atoms with Crippen LogP contribution in [0.5, 0.6) is 0 Å². The van der Waals surface area contributed by atoms with Crippen molar-refractivity contribution in [3.63, 3.8) is 0 Å². The molecule has 0 spiro atoms. The second-order valence-corrected chi connectivity index (χ2v) is 6.20. The zero-order chi connectivity index (χ0) is 11.3. The van der Waals surface area contributed by atoms with Crippen LogP contribution < -0.4 is 0 Å². The van der Waals surface area contributed by atoms with Crippen molar-refractivity contribution in [3.8, 4) is 0 Å². The first-order valence-electron chi connectivity index (χ1n) is 4.60. The number of carbonyl (C=O) groups is 1. The van der Waals surface area contributed by atoms with E-state index in [1.54, 1.807) is 23.9 Å². The molecule has 0 fully saturated rings. The Bertz CT molecular complexity index is 325. The standard InChI is InChI=1S/C10H14ClNOS2/c1-12(2)5-6-14-7-8(13)9-3-4-10(11)15-9/h3-4H,5-7H2,1-2H3. The van der Waals surface area contributed by atoms with Crippen molar-refractivity contribution < 1.29 is 4.79 Å². The number of ketones is 1. The molecule has 15 heavy (non-hydrogen) atoms. The summed E-state index contributed by atoms with van der Waals surface area (Å²) in [5, 5.41) is 0. The molecule has 0 aromatic carbocycles. The maximum atomic E-state index is 11.6. The minimum atomic E-state index is 0.177. The highest BCUT2D eigenvalue weighted by Gasteiger charge is 2.08. The molecule has 0 aliphatic carbocycles. The number of thioether (sulfide) groups is 1. The van der Waals surface area contributed by atoms with Crippen molar-refractivity contribution in [3.05, 3.63) is 21.3 Å². The number of hydrogen-bond acceptors (Lipinski definition) is 4. The molecule has 0 saturated carbocycles.